The van der Waals surface area contributed by atoms with Crippen LogP contribution < -0.4 is 0 Å². The molecule has 1 fully saturated rings. The fourth-order valence-corrected chi connectivity index (χ4v) is 1.41. The van der Waals surface area contributed by atoms with Crippen molar-refractivity contribution in [1.29, 1.82) is 0 Å². The van der Waals surface area contributed by atoms with Gasteiger partial charge in [-0.3, -0.25) is 0 Å². The van der Waals surface area contributed by atoms with Gasteiger partial charge in [-0.05, 0) is 23.7 Å². The second-order valence-corrected chi connectivity index (χ2v) is 3.77. The van der Waals surface area contributed by atoms with Crippen molar-refractivity contribution in [3.8, 4) is 0 Å². The Hall–Kier alpha value is 0. The topological polar surface area (TPSA) is 0 Å². The average Bonchev–Trinajstić information content (AvgIpc) is 2.17. The van der Waals surface area contributed by atoms with E-state index in [1.165, 1.54) is 6.42 Å². The van der Waals surface area contributed by atoms with Gasteiger partial charge in [0.25, 0.3) is 0 Å². The molecule has 0 aliphatic heterocycles. The van der Waals surface area contributed by atoms with Crippen LogP contribution in [-0.4, -0.2) is 0 Å². The van der Waals surface area contributed by atoms with Gasteiger partial charge in [-0.2, -0.15) is 0 Å². The summed E-state index contributed by atoms with van der Waals surface area (Å²) < 4.78 is 0. The highest BCUT2D eigenvalue weighted by Gasteiger charge is 2.48. The minimum Gasteiger partial charge on any atom is -0.0622 e. The van der Waals surface area contributed by atoms with Crippen molar-refractivity contribution >= 4 is 0 Å². The number of hydrogen-bond donors (Lipinski definition) is 0. The highest BCUT2D eigenvalue weighted by molar-refractivity contribution is 4.97. The first-order valence-electron chi connectivity index (χ1n) is 3.57. The van der Waals surface area contributed by atoms with E-state index in [1.54, 1.807) is 0 Å². The van der Waals surface area contributed by atoms with Gasteiger partial charge in [0.2, 0.25) is 0 Å². The summed E-state index contributed by atoms with van der Waals surface area (Å²) in [5, 5.41) is 0. The lowest BCUT2D eigenvalue weighted by atomic mass is 9.93. The summed E-state index contributed by atoms with van der Waals surface area (Å²) in [5.41, 5.74) is 0.708. The molecule has 1 aliphatic rings. The third kappa shape index (κ3) is 0.667. The maximum absolute atomic E-state index is 2.39. The summed E-state index contributed by atoms with van der Waals surface area (Å²) >= 11 is 0. The van der Waals surface area contributed by atoms with Crippen LogP contribution in [0, 0.1) is 17.3 Å². The predicted octanol–water partition coefficient (Wildman–Crippen LogP) is 2.69. The Bertz CT molecular complexity index is 94.2. The number of hydrogen-bond acceptors (Lipinski definition) is 0. The fourth-order valence-electron chi connectivity index (χ4n) is 1.41. The molecule has 2 atom stereocenters. The molecule has 0 bridgehead atoms. The van der Waals surface area contributed by atoms with Crippen molar-refractivity contribution in [2.45, 2.75) is 34.1 Å². The summed E-state index contributed by atoms with van der Waals surface area (Å²) in [6, 6.07) is 0. The molecule has 0 radical (unpaired) electrons. The van der Waals surface area contributed by atoms with Crippen molar-refractivity contribution in [3.05, 3.63) is 0 Å². The molecule has 1 rings (SSSR count). The normalized spacial score (nSPS) is 45.4. The van der Waals surface area contributed by atoms with E-state index in [1.807, 2.05) is 0 Å². The van der Waals surface area contributed by atoms with E-state index in [0.717, 1.165) is 11.8 Å². The minimum atomic E-state index is 0.708. The molecule has 0 aromatic heterocycles. The monoisotopic (exact) mass is 112 g/mol. The molecule has 0 spiro atoms. The van der Waals surface area contributed by atoms with Crippen LogP contribution >= 0.6 is 0 Å². The van der Waals surface area contributed by atoms with Crippen molar-refractivity contribution in [2.75, 3.05) is 0 Å². The maximum Gasteiger partial charge on any atom is -0.0274 e. The van der Waals surface area contributed by atoms with Gasteiger partial charge in [0.15, 0.2) is 0 Å². The summed E-state index contributed by atoms with van der Waals surface area (Å²) in [6.45, 7) is 9.38. The van der Waals surface area contributed by atoms with Crippen LogP contribution in [0.5, 0.6) is 0 Å². The lowest BCUT2D eigenvalue weighted by Crippen LogP contribution is -2.05. The highest BCUT2D eigenvalue weighted by atomic mass is 14.5. The molecule has 48 valence electrons. The molecule has 0 aromatic carbocycles. The van der Waals surface area contributed by atoms with E-state index in [9.17, 15) is 0 Å². The fraction of sp³-hybridized carbons (Fsp3) is 1.00. The second-order valence-electron chi connectivity index (χ2n) is 3.77. The smallest absolute Gasteiger partial charge is 0.0274 e. The Morgan fingerprint density at radius 2 is 1.88 bits per heavy atom. The van der Waals surface area contributed by atoms with E-state index in [-0.39, 0.29) is 0 Å². The van der Waals surface area contributed by atoms with Gasteiger partial charge >= 0.3 is 0 Å². The van der Waals surface area contributed by atoms with Gasteiger partial charge in [-0.1, -0.05) is 27.7 Å². The van der Waals surface area contributed by atoms with E-state index >= 15 is 0 Å². The molecular weight excluding hydrogens is 96.1 g/mol. The highest BCUT2D eigenvalue weighted by Crippen LogP contribution is 2.56. The molecule has 1 saturated carbocycles. The summed E-state index contributed by atoms with van der Waals surface area (Å²) in [6.07, 6.45) is 1.45. The van der Waals surface area contributed by atoms with Crippen LogP contribution in [0.25, 0.3) is 0 Å². The Morgan fingerprint density at radius 1 is 1.50 bits per heavy atom. The summed E-state index contributed by atoms with van der Waals surface area (Å²) in [7, 11) is 0. The molecule has 0 heterocycles. The van der Waals surface area contributed by atoms with E-state index in [0.29, 0.717) is 5.41 Å². The molecule has 0 N–H and O–H groups in total. The van der Waals surface area contributed by atoms with Crippen LogP contribution in [-0.2, 0) is 0 Å². The standard InChI is InChI=1S/C8H16/c1-6(2)8(4)5-7(8)3/h6-7H,5H2,1-4H3/t7-,8-/m1/s1. The lowest BCUT2D eigenvalue weighted by Gasteiger charge is -2.13. The van der Waals surface area contributed by atoms with Crippen LogP contribution in [0.4, 0.5) is 0 Å². The zero-order valence-electron chi connectivity index (χ0n) is 6.36. The predicted molar refractivity (Wildman–Crippen MR) is 36.7 cm³/mol. The molecular formula is C8H16. The average molecular weight is 112 g/mol. The van der Waals surface area contributed by atoms with Crippen molar-refractivity contribution in [1.82, 2.24) is 0 Å². The Balaban J connectivity index is 2.47. The van der Waals surface area contributed by atoms with E-state index < -0.39 is 0 Å². The van der Waals surface area contributed by atoms with E-state index in [2.05, 4.69) is 27.7 Å². The maximum atomic E-state index is 2.39. The van der Waals surface area contributed by atoms with Gasteiger partial charge in [0.05, 0.1) is 0 Å². The third-order valence-corrected chi connectivity index (χ3v) is 3.03. The van der Waals surface area contributed by atoms with E-state index in [4.69, 9.17) is 0 Å². The largest absolute Gasteiger partial charge is 0.0622 e. The van der Waals surface area contributed by atoms with Crippen LogP contribution in [0.2, 0.25) is 0 Å². The first-order valence-corrected chi connectivity index (χ1v) is 3.57. The quantitative estimate of drug-likeness (QED) is 0.489. The zero-order valence-corrected chi connectivity index (χ0v) is 6.36. The van der Waals surface area contributed by atoms with Gasteiger partial charge in [-0.25, -0.2) is 0 Å². The SMILES string of the molecule is CC(C)[C@@]1(C)C[C@H]1C. The third-order valence-electron chi connectivity index (χ3n) is 3.03. The molecule has 0 nitrogen and oxygen atoms in total. The molecule has 0 unspecified atom stereocenters. The summed E-state index contributed by atoms with van der Waals surface area (Å²) in [4.78, 5) is 0. The Kier molecular flexibility index (Phi) is 1.14. The van der Waals surface area contributed by atoms with Gasteiger partial charge in [0.1, 0.15) is 0 Å². The Labute approximate surface area is 52.3 Å². The van der Waals surface area contributed by atoms with Crippen LogP contribution in [0.3, 0.4) is 0 Å². The van der Waals surface area contributed by atoms with Crippen molar-refractivity contribution < 1.29 is 0 Å². The Morgan fingerprint density at radius 3 is 1.88 bits per heavy atom. The van der Waals surface area contributed by atoms with Crippen LogP contribution in [0.15, 0.2) is 0 Å². The van der Waals surface area contributed by atoms with Crippen LogP contribution in [0.1, 0.15) is 34.1 Å². The molecule has 0 aromatic rings. The molecule has 0 heteroatoms. The number of rotatable bonds is 1. The van der Waals surface area contributed by atoms with Gasteiger partial charge < -0.3 is 0 Å². The minimum absolute atomic E-state index is 0.708. The zero-order chi connectivity index (χ0) is 6.36. The van der Waals surface area contributed by atoms with Gasteiger partial charge in [0, 0.05) is 0 Å². The first kappa shape index (κ1) is 6.12. The molecule has 1 aliphatic carbocycles. The molecule has 0 saturated heterocycles. The second kappa shape index (κ2) is 1.49. The molecule has 8 heavy (non-hydrogen) atoms. The van der Waals surface area contributed by atoms with Crippen molar-refractivity contribution in [3.63, 3.8) is 0 Å². The first-order chi connectivity index (χ1) is 3.57. The van der Waals surface area contributed by atoms with Gasteiger partial charge in [-0.15, -0.1) is 0 Å². The summed E-state index contributed by atoms with van der Waals surface area (Å²) in [5.74, 6) is 1.87. The van der Waals surface area contributed by atoms with Crippen molar-refractivity contribution in [2.24, 2.45) is 17.3 Å². The molecule has 0 amide bonds. The lowest BCUT2D eigenvalue weighted by molar-refractivity contribution is 0.366.